The Hall–Kier alpha value is -1.42. The second-order valence-electron chi connectivity index (χ2n) is 6.36. The summed E-state index contributed by atoms with van der Waals surface area (Å²) in [6.07, 6.45) is 3.90. The number of allylic oxidation sites excluding steroid dienone is 1. The van der Waals surface area contributed by atoms with Gasteiger partial charge in [0.1, 0.15) is 6.10 Å². The minimum atomic E-state index is -1.14. The van der Waals surface area contributed by atoms with Crippen LogP contribution >= 0.6 is 0 Å². The molecule has 0 amide bonds. The molecule has 4 nitrogen and oxygen atoms in total. The molecule has 0 bridgehead atoms. The largest absolute Gasteiger partial charge is 0.458 e. The van der Waals surface area contributed by atoms with Gasteiger partial charge in [-0.15, -0.1) is 0 Å². The maximum Gasteiger partial charge on any atom is 0.334 e. The van der Waals surface area contributed by atoms with Crippen LogP contribution in [0.15, 0.2) is 24.3 Å². The van der Waals surface area contributed by atoms with Crippen molar-refractivity contribution < 1.29 is 19.4 Å². The fourth-order valence-corrected chi connectivity index (χ4v) is 4.04. The van der Waals surface area contributed by atoms with Crippen LogP contribution in [0.3, 0.4) is 0 Å². The van der Waals surface area contributed by atoms with Gasteiger partial charge in [-0.25, -0.2) is 4.79 Å². The molecule has 1 N–H and O–H groups in total. The lowest BCUT2D eigenvalue weighted by Gasteiger charge is -2.51. The Bertz CT molecular complexity index is 516. The monoisotopic (exact) mass is 262 g/mol. The van der Waals surface area contributed by atoms with Crippen LogP contribution in [0.1, 0.15) is 26.7 Å². The Morgan fingerprint density at radius 2 is 2.11 bits per heavy atom. The van der Waals surface area contributed by atoms with Crippen LogP contribution in [-0.4, -0.2) is 28.6 Å². The first-order chi connectivity index (χ1) is 8.77. The number of ether oxygens (including phenoxy) is 1. The SMILES string of the molecule is C=C1C(=O)O[C@H]2[C@@H]1CC[C@@]1(C)C(=O)C=C[C@@](C)(O)[C@H]21. The molecule has 1 aliphatic heterocycles. The van der Waals surface area contributed by atoms with Gasteiger partial charge in [-0.05, 0) is 31.9 Å². The van der Waals surface area contributed by atoms with Gasteiger partial charge in [0.15, 0.2) is 5.78 Å². The third-order valence-electron chi connectivity index (χ3n) is 5.10. The Morgan fingerprint density at radius 1 is 1.42 bits per heavy atom. The van der Waals surface area contributed by atoms with Gasteiger partial charge in [0.25, 0.3) is 0 Å². The number of aliphatic hydroxyl groups is 1. The summed E-state index contributed by atoms with van der Waals surface area (Å²) in [7, 11) is 0. The molecule has 1 saturated carbocycles. The van der Waals surface area contributed by atoms with E-state index >= 15 is 0 Å². The number of carbonyl (C=O) groups excluding carboxylic acids is 2. The number of rotatable bonds is 0. The predicted octanol–water partition coefficient (Wildman–Crippen LogP) is 1.39. The van der Waals surface area contributed by atoms with Gasteiger partial charge in [-0.2, -0.15) is 0 Å². The zero-order chi connectivity index (χ0) is 14.0. The highest BCUT2D eigenvalue weighted by molar-refractivity contribution is 5.97. The standard InChI is InChI=1S/C15H18O4/c1-8-9-4-6-14(2)10(16)5-7-15(3,18)12(14)11(9)19-13(8)17/h5,7,9,11-12,18H,1,4,6H2,2-3H3/t9-,11+,12-,14+,15-/m1/s1. The molecule has 2 aliphatic carbocycles. The molecule has 0 spiro atoms. The number of fused-ring (bicyclic) bond motifs is 3. The predicted molar refractivity (Wildman–Crippen MR) is 68.1 cm³/mol. The Morgan fingerprint density at radius 3 is 2.79 bits per heavy atom. The first-order valence-corrected chi connectivity index (χ1v) is 6.63. The van der Waals surface area contributed by atoms with E-state index in [1.165, 1.54) is 12.2 Å². The molecule has 0 unspecified atom stereocenters. The first kappa shape index (κ1) is 12.6. The molecule has 2 fully saturated rings. The molecule has 3 aliphatic rings. The van der Waals surface area contributed by atoms with Crippen molar-refractivity contribution in [3.63, 3.8) is 0 Å². The number of carbonyl (C=O) groups is 2. The lowest BCUT2D eigenvalue weighted by atomic mass is 9.53. The normalized spacial score (nSPS) is 48.8. The second-order valence-corrected chi connectivity index (χ2v) is 6.36. The molecule has 0 aromatic rings. The first-order valence-electron chi connectivity index (χ1n) is 6.63. The maximum absolute atomic E-state index is 12.2. The summed E-state index contributed by atoms with van der Waals surface area (Å²) in [5.41, 5.74) is -1.33. The smallest absolute Gasteiger partial charge is 0.334 e. The number of hydrogen-bond acceptors (Lipinski definition) is 4. The highest BCUT2D eigenvalue weighted by Gasteiger charge is 2.62. The summed E-state index contributed by atoms with van der Waals surface area (Å²) in [5, 5.41) is 10.6. The van der Waals surface area contributed by atoms with Crippen molar-refractivity contribution in [1.82, 2.24) is 0 Å². The van der Waals surface area contributed by atoms with Crippen LogP contribution in [0.5, 0.6) is 0 Å². The third-order valence-corrected chi connectivity index (χ3v) is 5.10. The fraction of sp³-hybridized carbons (Fsp3) is 0.600. The van der Waals surface area contributed by atoms with Crippen molar-refractivity contribution in [3.05, 3.63) is 24.3 Å². The van der Waals surface area contributed by atoms with E-state index < -0.39 is 29.0 Å². The van der Waals surface area contributed by atoms with Crippen molar-refractivity contribution in [1.29, 1.82) is 0 Å². The van der Waals surface area contributed by atoms with Crippen molar-refractivity contribution >= 4 is 11.8 Å². The average Bonchev–Trinajstić information content (AvgIpc) is 2.60. The highest BCUT2D eigenvalue weighted by Crippen LogP contribution is 2.55. The molecule has 102 valence electrons. The second kappa shape index (κ2) is 3.57. The lowest BCUT2D eigenvalue weighted by Crippen LogP contribution is -2.59. The van der Waals surface area contributed by atoms with E-state index in [4.69, 9.17) is 4.74 Å². The minimum absolute atomic E-state index is 0.0102. The maximum atomic E-state index is 12.2. The van der Waals surface area contributed by atoms with Crippen molar-refractivity contribution in [2.75, 3.05) is 0 Å². The average molecular weight is 262 g/mol. The zero-order valence-corrected chi connectivity index (χ0v) is 11.2. The lowest BCUT2D eigenvalue weighted by molar-refractivity contribution is -0.167. The Kier molecular flexibility index (Phi) is 2.37. The van der Waals surface area contributed by atoms with Crippen molar-refractivity contribution in [2.45, 2.75) is 38.4 Å². The van der Waals surface area contributed by atoms with E-state index in [0.717, 1.165) is 0 Å². The molecule has 19 heavy (non-hydrogen) atoms. The van der Waals surface area contributed by atoms with E-state index in [1.807, 2.05) is 6.92 Å². The van der Waals surface area contributed by atoms with Crippen LogP contribution in [0.25, 0.3) is 0 Å². The summed E-state index contributed by atoms with van der Waals surface area (Å²) < 4.78 is 5.41. The van der Waals surface area contributed by atoms with Crippen LogP contribution in [0.2, 0.25) is 0 Å². The van der Waals surface area contributed by atoms with Crippen LogP contribution < -0.4 is 0 Å². The summed E-state index contributed by atoms with van der Waals surface area (Å²) in [5.74, 6) is -0.858. The topological polar surface area (TPSA) is 63.6 Å². The minimum Gasteiger partial charge on any atom is -0.458 e. The van der Waals surface area contributed by atoms with E-state index in [9.17, 15) is 14.7 Å². The molecular formula is C15H18O4. The molecule has 0 aromatic carbocycles. The molecule has 0 radical (unpaired) electrons. The van der Waals surface area contributed by atoms with Gasteiger partial charge in [0.05, 0.1) is 5.60 Å². The summed E-state index contributed by atoms with van der Waals surface area (Å²) in [6, 6.07) is 0. The van der Waals surface area contributed by atoms with E-state index in [2.05, 4.69) is 6.58 Å². The molecule has 5 atom stereocenters. The molecule has 1 heterocycles. The van der Waals surface area contributed by atoms with Crippen LogP contribution in [-0.2, 0) is 14.3 Å². The van der Waals surface area contributed by atoms with Gasteiger partial charge in [0.2, 0.25) is 0 Å². The molecule has 3 rings (SSSR count). The van der Waals surface area contributed by atoms with E-state index in [-0.39, 0.29) is 11.7 Å². The van der Waals surface area contributed by atoms with Crippen LogP contribution in [0.4, 0.5) is 0 Å². The molecule has 0 aromatic heterocycles. The van der Waals surface area contributed by atoms with Gasteiger partial charge >= 0.3 is 5.97 Å². The van der Waals surface area contributed by atoms with E-state index in [0.29, 0.717) is 18.4 Å². The van der Waals surface area contributed by atoms with Gasteiger partial charge < -0.3 is 9.84 Å². The quantitative estimate of drug-likeness (QED) is 0.529. The highest BCUT2D eigenvalue weighted by atomic mass is 16.6. The zero-order valence-electron chi connectivity index (χ0n) is 11.2. The number of hydrogen-bond donors (Lipinski definition) is 1. The van der Waals surface area contributed by atoms with Crippen molar-refractivity contribution in [2.24, 2.45) is 17.3 Å². The number of esters is 1. The molecular weight excluding hydrogens is 244 g/mol. The fourth-order valence-electron chi connectivity index (χ4n) is 4.04. The van der Waals surface area contributed by atoms with Gasteiger partial charge in [-0.3, -0.25) is 4.79 Å². The molecule has 1 saturated heterocycles. The van der Waals surface area contributed by atoms with Crippen molar-refractivity contribution in [3.8, 4) is 0 Å². The summed E-state index contributed by atoms with van der Waals surface area (Å²) in [4.78, 5) is 23.9. The van der Waals surface area contributed by atoms with Gasteiger partial charge in [0, 0.05) is 22.8 Å². The van der Waals surface area contributed by atoms with Gasteiger partial charge in [-0.1, -0.05) is 13.5 Å². The summed E-state index contributed by atoms with van der Waals surface area (Å²) in [6.45, 7) is 7.33. The Labute approximate surface area is 112 Å². The number of ketones is 1. The van der Waals surface area contributed by atoms with Crippen LogP contribution in [0, 0.1) is 17.3 Å². The Balaban J connectivity index is 2.10. The summed E-state index contributed by atoms with van der Waals surface area (Å²) >= 11 is 0. The third kappa shape index (κ3) is 1.49. The van der Waals surface area contributed by atoms with E-state index in [1.54, 1.807) is 6.92 Å². The molecule has 4 heteroatoms.